The van der Waals surface area contributed by atoms with Crippen molar-refractivity contribution in [2.45, 2.75) is 26.2 Å². The molecule has 0 radical (unpaired) electrons. The van der Waals surface area contributed by atoms with Crippen molar-refractivity contribution in [3.63, 3.8) is 0 Å². The molecule has 0 aliphatic rings. The first-order valence-corrected chi connectivity index (χ1v) is 6.19. The minimum Gasteiger partial charge on any atom is -0.550 e. The Kier molecular flexibility index (Phi) is 5.64. The number of rotatable bonds is 7. The molecule has 7 heteroatoms. The molecule has 0 heterocycles. The van der Waals surface area contributed by atoms with Gasteiger partial charge in [-0.2, -0.15) is 0 Å². The van der Waals surface area contributed by atoms with Gasteiger partial charge in [0, 0.05) is 18.5 Å². The maximum Gasteiger partial charge on any atom is 0.292 e. The molecule has 7 nitrogen and oxygen atoms in total. The van der Waals surface area contributed by atoms with E-state index in [0.717, 1.165) is 0 Å². The molecule has 1 aromatic rings. The van der Waals surface area contributed by atoms with Gasteiger partial charge in [0.1, 0.15) is 5.69 Å². The van der Waals surface area contributed by atoms with Crippen LogP contribution in [0.5, 0.6) is 0 Å². The van der Waals surface area contributed by atoms with Crippen molar-refractivity contribution in [2.24, 2.45) is 5.92 Å². The Morgan fingerprint density at radius 1 is 1.35 bits per heavy atom. The summed E-state index contributed by atoms with van der Waals surface area (Å²) in [6.07, 6.45) is 0.491. The van der Waals surface area contributed by atoms with Crippen LogP contribution in [0.2, 0.25) is 0 Å². The van der Waals surface area contributed by atoms with Gasteiger partial charge in [0.2, 0.25) is 5.91 Å². The van der Waals surface area contributed by atoms with Crippen LogP contribution in [-0.4, -0.2) is 16.8 Å². The minimum absolute atomic E-state index is 0.0292. The summed E-state index contributed by atoms with van der Waals surface area (Å²) in [4.78, 5) is 32.6. The molecule has 108 valence electrons. The standard InChI is InChI=1S/C13H16N2O5/c1-2-9(13(17)18)7-8-12(16)14-10-5-3-4-6-11(10)15(19)20/h3-6,9H,2,7-8H2,1H3,(H,14,16)(H,17,18)/p-1/t9-/m0/s1. The van der Waals surface area contributed by atoms with Gasteiger partial charge in [-0.25, -0.2) is 0 Å². The van der Waals surface area contributed by atoms with E-state index in [2.05, 4.69) is 5.32 Å². The molecule has 0 saturated heterocycles. The molecule has 1 amide bonds. The van der Waals surface area contributed by atoms with Crippen molar-refractivity contribution in [1.29, 1.82) is 0 Å². The number of hydrogen-bond acceptors (Lipinski definition) is 5. The fraction of sp³-hybridized carbons (Fsp3) is 0.385. The van der Waals surface area contributed by atoms with Crippen LogP contribution >= 0.6 is 0 Å². The quantitative estimate of drug-likeness (QED) is 0.593. The lowest BCUT2D eigenvalue weighted by Gasteiger charge is -2.15. The number of carbonyl (C=O) groups excluding carboxylic acids is 2. The summed E-state index contributed by atoms with van der Waals surface area (Å²) in [6, 6.07) is 5.77. The Labute approximate surface area is 115 Å². The Morgan fingerprint density at radius 2 is 2.00 bits per heavy atom. The number of anilines is 1. The number of amides is 1. The summed E-state index contributed by atoms with van der Waals surface area (Å²) in [5.74, 6) is -2.34. The molecule has 0 fully saturated rings. The van der Waals surface area contributed by atoms with Gasteiger partial charge in [-0.05, 0) is 24.8 Å². The highest BCUT2D eigenvalue weighted by atomic mass is 16.6. The summed E-state index contributed by atoms with van der Waals surface area (Å²) in [5, 5.41) is 23.9. The summed E-state index contributed by atoms with van der Waals surface area (Å²) in [7, 11) is 0. The van der Waals surface area contributed by atoms with Gasteiger partial charge in [0.15, 0.2) is 0 Å². The molecule has 0 bridgehead atoms. The zero-order chi connectivity index (χ0) is 15.1. The molecule has 0 saturated carbocycles. The maximum absolute atomic E-state index is 11.7. The van der Waals surface area contributed by atoms with Gasteiger partial charge in [-0.3, -0.25) is 14.9 Å². The lowest BCUT2D eigenvalue weighted by Crippen LogP contribution is -2.31. The number of nitrogens with one attached hydrogen (secondary N) is 1. The Balaban J connectivity index is 2.63. The molecule has 0 aliphatic carbocycles. The number of hydrogen-bond donors (Lipinski definition) is 1. The highest BCUT2D eigenvalue weighted by Gasteiger charge is 2.16. The van der Waals surface area contributed by atoms with E-state index in [1.54, 1.807) is 13.0 Å². The van der Waals surface area contributed by atoms with Crippen LogP contribution < -0.4 is 10.4 Å². The lowest BCUT2D eigenvalue weighted by atomic mass is 10.0. The predicted octanol–water partition coefficient (Wildman–Crippen LogP) is 1.09. The van der Waals surface area contributed by atoms with Crippen molar-refractivity contribution in [3.05, 3.63) is 34.4 Å². The van der Waals surface area contributed by atoms with Gasteiger partial charge in [0.25, 0.3) is 5.69 Å². The number of benzene rings is 1. The zero-order valence-corrected chi connectivity index (χ0v) is 11.0. The van der Waals surface area contributed by atoms with Crippen LogP contribution in [0.4, 0.5) is 11.4 Å². The van der Waals surface area contributed by atoms with Crippen molar-refractivity contribution >= 4 is 23.3 Å². The van der Waals surface area contributed by atoms with Gasteiger partial charge in [-0.1, -0.05) is 19.1 Å². The second-order valence-electron chi connectivity index (χ2n) is 4.29. The van der Waals surface area contributed by atoms with E-state index >= 15 is 0 Å². The van der Waals surface area contributed by atoms with Gasteiger partial charge >= 0.3 is 0 Å². The van der Waals surface area contributed by atoms with E-state index in [-0.39, 0.29) is 24.2 Å². The van der Waals surface area contributed by atoms with E-state index in [9.17, 15) is 24.8 Å². The molecule has 20 heavy (non-hydrogen) atoms. The van der Waals surface area contributed by atoms with E-state index in [0.29, 0.717) is 6.42 Å². The van der Waals surface area contributed by atoms with E-state index < -0.39 is 22.7 Å². The van der Waals surface area contributed by atoms with Crippen LogP contribution in [0.1, 0.15) is 26.2 Å². The Bertz CT molecular complexity index is 515. The molecule has 1 atom stereocenters. The first-order valence-electron chi connectivity index (χ1n) is 6.19. The fourth-order valence-corrected chi connectivity index (χ4v) is 1.75. The number of nitrogens with zero attached hydrogens (tertiary/aromatic N) is 1. The largest absolute Gasteiger partial charge is 0.550 e. The number of carbonyl (C=O) groups is 2. The smallest absolute Gasteiger partial charge is 0.292 e. The van der Waals surface area contributed by atoms with Gasteiger partial charge < -0.3 is 15.2 Å². The van der Waals surface area contributed by atoms with Crippen molar-refractivity contribution in [3.8, 4) is 0 Å². The van der Waals surface area contributed by atoms with E-state index in [1.165, 1.54) is 18.2 Å². The first kappa shape index (κ1) is 15.6. The molecule has 0 spiro atoms. The molecule has 1 aromatic carbocycles. The molecular formula is C13H15N2O5-. The Hall–Kier alpha value is -2.44. The number of para-hydroxylation sites is 2. The molecule has 1 N–H and O–H groups in total. The van der Waals surface area contributed by atoms with Gasteiger partial charge in [0.05, 0.1) is 4.92 Å². The van der Waals surface area contributed by atoms with Gasteiger partial charge in [-0.15, -0.1) is 0 Å². The first-order chi connectivity index (χ1) is 9.45. The Morgan fingerprint density at radius 3 is 2.55 bits per heavy atom. The molecule has 0 unspecified atom stereocenters. The molecule has 1 rings (SSSR count). The summed E-state index contributed by atoms with van der Waals surface area (Å²) in [5.41, 5.74) is -0.100. The SMILES string of the molecule is CC[C@@H](CCC(=O)Nc1ccccc1[N+](=O)[O-])C(=O)[O-]. The molecule has 0 aliphatic heterocycles. The molecular weight excluding hydrogens is 264 g/mol. The van der Waals surface area contributed by atoms with Crippen LogP contribution in [-0.2, 0) is 9.59 Å². The van der Waals surface area contributed by atoms with Crippen molar-refractivity contribution in [2.75, 3.05) is 5.32 Å². The number of nitro groups is 1. The topological polar surface area (TPSA) is 112 Å². The van der Waals surface area contributed by atoms with Crippen LogP contribution in [0, 0.1) is 16.0 Å². The third kappa shape index (κ3) is 4.34. The normalized spacial score (nSPS) is 11.7. The van der Waals surface area contributed by atoms with Crippen LogP contribution in [0.3, 0.4) is 0 Å². The lowest BCUT2D eigenvalue weighted by molar-refractivity contribution is -0.383. The summed E-state index contributed by atoms with van der Waals surface area (Å²) in [6.45, 7) is 1.69. The summed E-state index contributed by atoms with van der Waals surface area (Å²) < 4.78 is 0. The highest BCUT2D eigenvalue weighted by Crippen LogP contribution is 2.23. The minimum atomic E-state index is -1.19. The second kappa shape index (κ2) is 7.22. The average molecular weight is 279 g/mol. The van der Waals surface area contributed by atoms with E-state index in [4.69, 9.17) is 0 Å². The second-order valence-corrected chi connectivity index (χ2v) is 4.29. The number of nitro benzene ring substituents is 1. The highest BCUT2D eigenvalue weighted by molar-refractivity contribution is 5.93. The maximum atomic E-state index is 11.7. The number of carboxylic acid groups (broad SMARTS) is 1. The third-order valence-corrected chi connectivity index (χ3v) is 2.92. The fourth-order valence-electron chi connectivity index (χ4n) is 1.75. The van der Waals surface area contributed by atoms with Crippen LogP contribution in [0.15, 0.2) is 24.3 Å². The molecule has 0 aromatic heterocycles. The number of carboxylic acids is 1. The third-order valence-electron chi connectivity index (χ3n) is 2.92. The number of aliphatic carboxylic acids is 1. The van der Waals surface area contributed by atoms with Crippen molar-refractivity contribution < 1.29 is 19.6 Å². The predicted molar refractivity (Wildman–Crippen MR) is 69.7 cm³/mol. The van der Waals surface area contributed by atoms with Crippen LogP contribution in [0.25, 0.3) is 0 Å². The van der Waals surface area contributed by atoms with Crippen molar-refractivity contribution in [1.82, 2.24) is 0 Å². The van der Waals surface area contributed by atoms with E-state index in [1.807, 2.05) is 0 Å². The zero-order valence-electron chi connectivity index (χ0n) is 11.0. The summed E-state index contributed by atoms with van der Waals surface area (Å²) >= 11 is 0. The average Bonchev–Trinajstić information content (AvgIpc) is 2.39. The monoisotopic (exact) mass is 279 g/mol.